The Balaban J connectivity index is 3.57. The number of hydrogen-bond donors (Lipinski definition) is 0. The summed E-state index contributed by atoms with van der Waals surface area (Å²) < 4.78 is 1.21. The van der Waals surface area contributed by atoms with E-state index >= 15 is 0 Å². The van der Waals surface area contributed by atoms with Crippen LogP contribution in [0.25, 0.3) is 0 Å². The number of alkyl halides is 1. The summed E-state index contributed by atoms with van der Waals surface area (Å²) in [6, 6.07) is 0. The van der Waals surface area contributed by atoms with Crippen molar-refractivity contribution in [1.82, 2.24) is 0 Å². The van der Waals surface area contributed by atoms with Crippen LogP contribution in [0.1, 0.15) is 26.7 Å². The van der Waals surface area contributed by atoms with Crippen molar-refractivity contribution >= 4 is 22.6 Å². The molecule has 0 aliphatic heterocycles. The lowest BCUT2D eigenvalue weighted by Gasteiger charge is -2.04. The predicted molar refractivity (Wildman–Crippen MR) is 56.6 cm³/mol. The van der Waals surface area contributed by atoms with Crippen LogP contribution < -0.4 is 0 Å². The highest BCUT2D eigenvalue weighted by atomic mass is 127. The number of allylic oxidation sites excluding steroid dienone is 1. The van der Waals surface area contributed by atoms with Crippen molar-refractivity contribution in [3.05, 3.63) is 11.6 Å². The molecule has 11 heavy (non-hydrogen) atoms. The van der Waals surface area contributed by atoms with Crippen LogP contribution in [0.4, 0.5) is 0 Å². The van der Waals surface area contributed by atoms with Crippen LogP contribution in [0, 0.1) is 5.92 Å². The van der Waals surface area contributed by atoms with Gasteiger partial charge in [0.25, 0.3) is 0 Å². The van der Waals surface area contributed by atoms with E-state index < -0.39 is 0 Å². The minimum absolute atomic E-state index is 0.0470. The van der Waals surface area contributed by atoms with Crippen molar-refractivity contribution in [1.29, 1.82) is 0 Å². The quantitative estimate of drug-likeness (QED) is 0.414. The molecule has 0 N–H and O–H groups in total. The summed E-state index contributed by atoms with van der Waals surface area (Å²) in [6.45, 7) is 4.04. The fraction of sp³-hybridized carbons (Fsp3) is 0.778. The van der Waals surface area contributed by atoms with Gasteiger partial charge in [0.15, 0.2) is 0 Å². The Morgan fingerprint density at radius 2 is 2.27 bits per heavy atom. The van der Waals surface area contributed by atoms with Crippen molar-refractivity contribution < 1.29 is 5.11 Å². The molecule has 0 aliphatic carbocycles. The third-order valence-corrected chi connectivity index (χ3v) is 2.35. The lowest BCUT2D eigenvalue weighted by Crippen LogP contribution is -1.93. The highest BCUT2D eigenvalue weighted by Crippen LogP contribution is 2.10. The molecule has 0 fully saturated rings. The fourth-order valence-electron chi connectivity index (χ4n) is 1.02. The van der Waals surface area contributed by atoms with Crippen LogP contribution in [0.15, 0.2) is 11.6 Å². The summed E-state index contributed by atoms with van der Waals surface area (Å²) in [6.07, 6.45) is 4.56. The molecule has 0 aromatic carbocycles. The molecule has 0 saturated heterocycles. The number of rotatable bonds is 5. The van der Waals surface area contributed by atoms with Crippen LogP contribution in [-0.4, -0.2) is 11.0 Å². The Morgan fingerprint density at radius 1 is 1.64 bits per heavy atom. The van der Waals surface area contributed by atoms with Crippen LogP contribution in [0.3, 0.4) is 0 Å². The van der Waals surface area contributed by atoms with Crippen LogP contribution in [-0.2, 0) is 5.11 Å². The Bertz CT molecular complexity index is 121. The highest BCUT2D eigenvalue weighted by Gasteiger charge is 1.97. The van der Waals surface area contributed by atoms with Gasteiger partial charge >= 0.3 is 0 Å². The van der Waals surface area contributed by atoms with Gasteiger partial charge in [-0.05, 0) is 35.7 Å². The monoisotopic (exact) mass is 267 g/mol. The van der Waals surface area contributed by atoms with Gasteiger partial charge in [-0.25, -0.2) is 5.11 Å². The fourth-order valence-corrected chi connectivity index (χ4v) is 1.46. The highest BCUT2D eigenvalue weighted by molar-refractivity contribution is 14.1. The van der Waals surface area contributed by atoms with E-state index in [2.05, 4.69) is 35.6 Å². The number of halogens is 1. The van der Waals surface area contributed by atoms with Crippen molar-refractivity contribution in [2.75, 3.05) is 11.0 Å². The minimum atomic E-state index is -0.0470. The SMILES string of the molecule is CC(=CC(C)CCCI)C[O]. The maximum absolute atomic E-state index is 10.4. The molecule has 1 atom stereocenters. The summed E-state index contributed by atoms with van der Waals surface area (Å²) in [5.74, 6) is 0.582. The standard InChI is InChI=1S/C9H16IO/c1-8(4-3-5-10)6-9(2)7-11/h6,8H,3-5,7H2,1-2H3. The predicted octanol–water partition coefficient (Wildman–Crippen LogP) is 3.21. The molecule has 0 aliphatic rings. The van der Waals surface area contributed by atoms with E-state index in [9.17, 15) is 5.11 Å². The zero-order valence-corrected chi connectivity index (χ0v) is 9.43. The van der Waals surface area contributed by atoms with E-state index in [1.54, 1.807) is 0 Å². The first kappa shape index (κ1) is 11.4. The van der Waals surface area contributed by atoms with Gasteiger partial charge in [0.1, 0.15) is 6.61 Å². The molecule has 0 saturated carbocycles. The average Bonchev–Trinajstić information content (AvgIpc) is 2.00. The van der Waals surface area contributed by atoms with Crippen molar-refractivity contribution in [3.63, 3.8) is 0 Å². The van der Waals surface area contributed by atoms with Gasteiger partial charge in [-0.15, -0.1) is 0 Å². The smallest absolute Gasteiger partial charge is 0.103 e. The van der Waals surface area contributed by atoms with Crippen molar-refractivity contribution in [2.24, 2.45) is 5.92 Å². The maximum atomic E-state index is 10.4. The van der Waals surface area contributed by atoms with Crippen LogP contribution >= 0.6 is 22.6 Å². The van der Waals surface area contributed by atoms with Crippen LogP contribution in [0.2, 0.25) is 0 Å². The Labute approximate surface area is 83.0 Å². The van der Waals surface area contributed by atoms with E-state index in [1.807, 2.05) is 6.92 Å². The minimum Gasteiger partial charge on any atom is -0.232 e. The zero-order valence-electron chi connectivity index (χ0n) is 7.27. The topological polar surface area (TPSA) is 19.9 Å². The number of hydrogen-bond acceptors (Lipinski definition) is 0. The molecule has 0 aromatic heterocycles. The summed E-state index contributed by atoms with van der Waals surface area (Å²) in [5, 5.41) is 10.4. The average molecular weight is 267 g/mol. The third-order valence-electron chi connectivity index (χ3n) is 1.59. The maximum Gasteiger partial charge on any atom is 0.103 e. The van der Waals surface area contributed by atoms with Gasteiger partial charge in [-0.3, -0.25) is 0 Å². The van der Waals surface area contributed by atoms with E-state index in [4.69, 9.17) is 0 Å². The molecule has 0 amide bonds. The second-order valence-corrected chi connectivity index (χ2v) is 4.04. The molecule has 0 rings (SSSR count). The van der Waals surface area contributed by atoms with E-state index in [-0.39, 0.29) is 6.61 Å². The molecular formula is C9H16IO. The molecule has 2 heteroatoms. The first-order chi connectivity index (χ1) is 5.20. The lowest BCUT2D eigenvalue weighted by molar-refractivity contribution is 0.222. The lowest BCUT2D eigenvalue weighted by atomic mass is 10.0. The van der Waals surface area contributed by atoms with Gasteiger partial charge in [0, 0.05) is 0 Å². The first-order valence-corrected chi connectivity index (χ1v) is 5.54. The Kier molecular flexibility index (Phi) is 7.38. The Hall–Kier alpha value is 0.430. The summed E-state index contributed by atoms with van der Waals surface area (Å²) in [4.78, 5) is 0. The van der Waals surface area contributed by atoms with E-state index in [1.165, 1.54) is 17.3 Å². The molecule has 0 heterocycles. The second kappa shape index (κ2) is 7.10. The summed E-state index contributed by atoms with van der Waals surface area (Å²) >= 11 is 2.38. The molecule has 0 bridgehead atoms. The van der Waals surface area contributed by atoms with Gasteiger partial charge in [0.2, 0.25) is 0 Å². The molecule has 1 nitrogen and oxygen atoms in total. The zero-order chi connectivity index (χ0) is 8.69. The second-order valence-electron chi connectivity index (χ2n) is 2.97. The van der Waals surface area contributed by atoms with Gasteiger partial charge in [-0.1, -0.05) is 35.6 Å². The normalized spacial score (nSPS) is 15.1. The van der Waals surface area contributed by atoms with Gasteiger partial charge in [-0.2, -0.15) is 0 Å². The molecular weight excluding hydrogens is 251 g/mol. The van der Waals surface area contributed by atoms with Gasteiger partial charge in [0.05, 0.1) is 0 Å². The third kappa shape index (κ3) is 6.81. The molecule has 65 valence electrons. The summed E-state index contributed by atoms with van der Waals surface area (Å²) in [7, 11) is 0. The largest absolute Gasteiger partial charge is 0.232 e. The first-order valence-electron chi connectivity index (χ1n) is 4.02. The molecule has 1 radical (unpaired) electrons. The van der Waals surface area contributed by atoms with Gasteiger partial charge < -0.3 is 0 Å². The van der Waals surface area contributed by atoms with E-state index in [0.29, 0.717) is 5.92 Å². The summed E-state index contributed by atoms with van der Waals surface area (Å²) in [5.41, 5.74) is 0.978. The Morgan fingerprint density at radius 3 is 2.73 bits per heavy atom. The molecule has 0 spiro atoms. The van der Waals surface area contributed by atoms with Crippen molar-refractivity contribution in [3.8, 4) is 0 Å². The van der Waals surface area contributed by atoms with E-state index in [0.717, 1.165) is 5.57 Å². The van der Waals surface area contributed by atoms with Crippen molar-refractivity contribution in [2.45, 2.75) is 26.7 Å². The van der Waals surface area contributed by atoms with Crippen LogP contribution in [0.5, 0.6) is 0 Å². The molecule has 1 unspecified atom stereocenters. The molecule has 0 aromatic rings.